The number of halogens is 1. The van der Waals surface area contributed by atoms with E-state index in [4.69, 9.17) is 12.2 Å². The van der Waals surface area contributed by atoms with Crippen LogP contribution in [0.25, 0.3) is 6.08 Å². The number of thiocarbonyl (C=S) groups is 1. The van der Waals surface area contributed by atoms with Gasteiger partial charge in [0, 0.05) is 24.2 Å². The molecule has 0 N–H and O–H groups in total. The lowest BCUT2D eigenvalue weighted by atomic mass is 10.1. The first-order valence-corrected chi connectivity index (χ1v) is 11.6. The summed E-state index contributed by atoms with van der Waals surface area (Å²) < 4.78 is 14.4. The second kappa shape index (κ2) is 10.6. The van der Waals surface area contributed by atoms with Gasteiger partial charge in [0.25, 0.3) is 5.91 Å². The monoisotopic (exact) mass is 476 g/mol. The van der Waals surface area contributed by atoms with Gasteiger partial charge in [-0.05, 0) is 29.8 Å². The van der Waals surface area contributed by atoms with Crippen LogP contribution >= 0.6 is 24.0 Å². The fraction of sp³-hybridized carbons (Fsp3) is 0.115. The van der Waals surface area contributed by atoms with E-state index >= 15 is 0 Å². The van der Waals surface area contributed by atoms with Gasteiger partial charge >= 0.3 is 0 Å². The molecule has 0 saturated carbocycles. The first-order valence-electron chi connectivity index (χ1n) is 10.4. The van der Waals surface area contributed by atoms with Crippen LogP contribution in [0.5, 0.6) is 0 Å². The van der Waals surface area contributed by atoms with E-state index in [0.29, 0.717) is 21.3 Å². The standard InChI is InChI=1S/C26H21FN2O2S2/c27-22-14-8-7-11-20(22)17-23-25(31)28(26(32)33-23)16-15-24(30)29(21-12-5-2-6-13-21)18-19-9-3-1-4-10-19/h1-14,17H,15-16,18H2. The smallest absolute Gasteiger partial charge is 0.266 e. The second-order valence-electron chi connectivity index (χ2n) is 7.41. The number of carbonyl (C=O) groups excluding carboxylic acids is 2. The lowest BCUT2D eigenvalue weighted by molar-refractivity contribution is -0.123. The molecule has 1 aliphatic heterocycles. The van der Waals surface area contributed by atoms with Crippen molar-refractivity contribution in [1.82, 2.24) is 4.90 Å². The topological polar surface area (TPSA) is 40.6 Å². The summed E-state index contributed by atoms with van der Waals surface area (Å²) in [6.45, 7) is 0.589. The van der Waals surface area contributed by atoms with Crippen molar-refractivity contribution < 1.29 is 14.0 Å². The summed E-state index contributed by atoms with van der Waals surface area (Å²) in [6, 6.07) is 25.4. The Bertz CT molecular complexity index is 1200. The Labute approximate surface area is 201 Å². The van der Waals surface area contributed by atoms with Crippen LogP contribution in [0.1, 0.15) is 17.5 Å². The van der Waals surface area contributed by atoms with Crippen molar-refractivity contribution in [2.75, 3.05) is 11.4 Å². The zero-order chi connectivity index (χ0) is 23.2. The number of amides is 2. The average molecular weight is 477 g/mol. The number of carbonyl (C=O) groups is 2. The fourth-order valence-corrected chi connectivity index (χ4v) is 4.77. The van der Waals surface area contributed by atoms with Crippen molar-refractivity contribution >= 4 is 51.9 Å². The number of rotatable bonds is 7. The molecule has 0 atom stereocenters. The van der Waals surface area contributed by atoms with E-state index in [2.05, 4.69) is 0 Å². The molecule has 1 saturated heterocycles. The predicted molar refractivity (Wildman–Crippen MR) is 135 cm³/mol. The first-order chi connectivity index (χ1) is 16.0. The van der Waals surface area contributed by atoms with Crippen molar-refractivity contribution in [1.29, 1.82) is 0 Å². The number of hydrogen-bond donors (Lipinski definition) is 0. The molecule has 0 unspecified atom stereocenters. The molecule has 1 heterocycles. The van der Waals surface area contributed by atoms with E-state index < -0.39 is 5.82 Å². The molecule has 0 bridgehead atoms. The summed E-state index contributed by atoms with van der Waals surface area (Å²) in [7, 11) is 0. The van der Waals surface area contributed by atoms with Gasteiger partial charge in [0.1, 0.15) is 10.1 Å². The van der Waals surface area contributed by atoms with E-state index in [1.54, 1.807) is 23.1 Å². The normalized spacial score (nSPS) is 14.7. The van der Waals surface area contributed by atoms with Crippen molar-refractivity contribution in [3.8, 4) is 0 Å². The highest BCUT2D eigenvalue weighted by Crippen LogP contribution is 2.33. The van der Waals surface area contributed by atoms with Crippen molar-refractivity contribution in [3.63, 3.8) is 0 Å². The SMILES string of the molecule is O=C1C(=Cc2ccccc2F)SC(=S)N1CCC(=O)N(Cc1ccccc1)c1ccccc1. The molecule has 166 valence electrons. The molecule has 7 heteroatoms. The Morgan fingerprint density at radius 1 is 0.970 bits per heavy atom. The third kappa shape index (κ3) is 5.56. The van der Waals surface area contributed by atoms with Crippen LogP contribution in [-0.2, 0) is 16.1 Å². The molecule has 0 aromatic heterocycles. The van der Waals surface area contributed by atoms with Crippen LogP contribution in [0.2, 0.25) is 0 Å². The van der Waals surface area contributed by atoms with Gasteiger partial charge in [0.15, 0.2) is 0 Å². The molecule has 0 aliphatic carbocycles. The Hall–Kier alpha value is -3.29. The molecular weight excluding hydrogens is 455 g/mol. The molecule has 1 aliphatic rings. The average Bonchev–Trinajstić information content (AvgIpc) is 3.10. The van der Waals surface area contributed by atoms with E-state index in [0.717, 1.165) is 23.0 Å². The highest BCUT2D eigenvalue weighted by atomic mass is 32.2. The third-order valence-corrected chi connectivity index (χ3v) is 6.54. The van der Waals surface area contributed by atoms with Gasteiger partial charge in [0.2, 0.25) is 5.91 Å². The molecule has 3 aromatic carbocycles. The lowest BCUT2D eigenvalue weighted by Gasteiger charge is -2.24. The number of hydrogen-bond acceptors (Lipinski definition) is 4. The number of benzene rings is 3. The molecule has 1 fully saturated rings. The maximum Gasteiger partial charge on any atom is 0.266 e. The van der Waals surface area contributed by atoms with Crippen molar-refractivity contribution in [2.45, 2.75) is 13.0 Å². The van der Waals surface area contributed by atoms with Gasteiger partial charge in [-0.3, -0.25) is 14.5 Å². The minimum Gasteiger partial charge on any atom is -0.308 e. The summed E-state index contributed by atoms with van der Waals surface area (Å²) in [5, 5.41) is 0. The minimum absolute atomic E-state index is 0.112. The van der Waals surface area contributed by atoms with Crippen LogP contribution in [0.3, 0.4) is 0 Å². The highest BCUT2D eigenvalue weighted by Gasteiger charge is 2.32. The van der Waals surface area contributed by atoms with Crippen LogP contribution in [0, 0.1) is 5.82 Å². The molecule has 4 rings (SSSR count). The Morgan fingerprint density at radius 3 is 2.30 bits per heavy atom. The molecule has 0 radical (unpaired) electrons. The summed E-state index contributed by atoms with van der Waals surface area (Å²) in [4.78, 5) is 29.6. The molecule has 3 aromatic rings. The van der Waals surface area contributed by atoms with E-state index in [-0.39, 0.29) is 24.8 Å². The summed E-state index contributed by atoms with van der Waals surface area (Å²) >= 11 is 6.49. The quantitative estimate of drug-likeness (QED) is 0.326. The molecule has 2 amide bonds. The summed E-state index contributed by atoms with van der Waals surface area (Å²) in [5.41, 5.74) is 2.12. The Kier molecular flexibility index (Phi) is 7.32. The van der Waals surface area contributed by atoms with Crippen LogP contribution < -0.4 is 4.90 Å². The van der Waals surface area contributed by atoms with E-state index in [1.807, 2.05) is 60.7 Å². The Balaban J connectivity index is 1.47. The van der Waals surface area contributed by atoms with Crippen molar-refractivity contribution in [3.05, 3.63) is 107 Å². The Morgan fingerprint density at radius 2 is 1.61 bits per heavy atom. The summed E-state index contributed by atoms with van der Waals surface area (Å²) in [5.74, 6) is -0.829. The van der Waals surface area contributed by atoms with E-state index in [9.17, 15) is 14.0 Å². The van der Waals surface area contributed by atoms with Gasteiger partial charge in [-0.15, -0.1) is 0 Å². The minimum atomic E-state index is -0.405. The van der Waals surface area contributed by atoms with Crippen LogP contribution in [-0.4, -0.2) is 27.6 Å². The summed E-state index contributed by atoms with van der Waals surface area (Å²) in [6.07, 6.45) is 1.61. The van der Waals surface area contributed by atoms with Gasteiger partial charge in [0.05, 0.1) is 11.4 Å². The highest BCUT2D eigenvalue weighted by molar-refractivity contribution is 8.26. The molecule has 4 nitrogen and oxygen atoms in total. The molecule has 0 spiro atoms. The maximum atomic E-state index is 14.0. The number of para-hydroxylation sites is 1. The molecule has 33 heavy (non-hydrogen) atoms. The van der Waals surface area contributed by atoms with E-state index in [1.165, 1.54) is 17.0 Å². The molecular formula is C26H21FN2O2S2. The van der Waals surface area contributed by atoms with Crippen LogP contribution in [0.4, 0.5) is 10.1 Å². The lowest BCUT2D eigenvalue weighted by Crippen LogP contribution is -2.36. The van der Waals surface area contributed by atoms with Gasteiger partial charge in [-0.1, -0.05) is 90.7 Å². The largest absolute Gasteiger partial charge is 0.308 e. The van der Waals surface area contributed by atoms with Crippen molar-refractivity contribution in [2.24, 2.45) is 0 Å². The van der Waals surface area contributed by atoms with Crippen LogP contribution in [0.15, 0.2) is 89.8 Å². The maximum absolute atomic E-state index is 14.0. The van der Waals surface area contributed by atoms with Gasteiger partial charge in [-0.25, -0.2) is 4.39 Å². The zero-order valence-electron chi connectivity index (χ0n) is 17.7. The number of nitrogens with zero attached hydrogens (tertiary/aromatic N) is 2. The first kappa shape index (κ1) is 22.9. The zero-order valence-corrected chi connectivity index (χ0v) is 19.3. The number of thioether (sulfide) groups is 1. The second-order valence-corrected chi connectivity index (χ2v) is 9.08. The van der Waals surface area contributed by atoms with Gasteiger partial charge < -0.3 is 4.90 Å². The third-order valence-electron chi connectivity index (χ3n) is 5.17. The number of anilines is 1. The fourth-order valence-electron chi connectivity index (χ4n) is 3.47. The predicted octanol–water partition coefficient (Wildman–Crippen LogP) is 5.65. The van der Waals surface area contributed by atoms with Gasteiger partial charge in [-0.2, -0.15) is 0 Å².